The Labute approximate surface area is 119 Å². The lowest BCUT2D eigenvalue weighted by molar-refractivity contribution is -0.120. The molecule has 8 nitrogen and oxygen atoms in total. The number of thiazole rings is 1. The predicted molar refractivity (Wildman–Crippen MR) is 72.9 cm³/mol. The number of nitrogens with zero attached hydrogens (tertiary/aromatic N) is 2. The zero-order valence-electron chi connectivity index (χ0n) is 11.2. The van der Waals surface area contributed by atoms with E-state index in [1.807, 2.05) is 0 Å². The third kappa shape index (κ3) is 4.84. The molecule has 0 saturated carbocycles. The van der Waals surface area contributed by atoms with Gasteiger partial charge in [0.2, 0.25) is 5.91 Å². The molecule has 9 heteroatoms. The van der Waals surface area contributed by atoms with E-state index < -0.39 is 5.97 Å². The fourth-order valence-electron chi connectivity index (χ4n) is 1.30. The molecule has 110 valence electrons. The summed E-state index contributed by atoms with van der Waals surface area (Å²) < 4.78 is 0. The number of amides is 3. The number of aromatic carboxylic acids is 1. The maximum absolute atomic E-state index is 11.6. The number of likely N-dealkylation sites (N-methyl/N-ethyl adjacent to an activating group) is 2. The van der Waals surface area contributed by atoms with Gasteiger partial charge in [-0.1, -0.05) is 0 Å². The van der Waals surface area contributed by atoms with Crippen LogP contribution in [0.2, 0.25) is 0 Å². The molecule has 0 spiro atoms. The number of carboxylic acids is 1. The first-order valence-electron chi connectivity index (χ1n) is 5.81. The Balaban J connectivity index is 2.34. The Hall–Kier alpha value is -2.16. The van der Waals surface area contributed by atoms with Crippen LogP contribution >= 0.6 is 11.3 Å². The summed E-state index contributed by atoms with van der Waals surface area (Å²) >= 11 is 1.23. The summed E-state index contributed by atoms with van der Waals surface area (Å²) in [4.78, 5) is 38.5. The number of hydrogen-bond donors (Lipinski definition) is 3. The lowest BCUT2D eigenvalue weighted by Gasteiger charge is -2.16. The molecular weight excluding hydrogens is 284 g/mol. The van der Waals surface area contributed by atoms with E-state index in [4.69, 9.17) is 5.11 Å². The Bertz CT molecular complexity index is 502. The highest BCUT2D eigenvalue weighted by atomic mass is 32.1. The third-order valence-electron chi connectivity index (χ3n) is 2.39. The van der Waals surface area contributed by atoms with Gasteiger partial charge in [-0.15, -0.1) is 11.3 Å². The largest absolute Gasteiger partial charge is 0.476 e. The van der Waals surface area contributed by atoms with Gasteiger partial charge in [0.15, 0.2) is 5.69 Å². The standard InChI is InChI=1S/C11H16N4O4S/c1-12-8(16)5-15(2)11(19)13-4-3-9-14-7(6-20-9)10(17)18/h6H,3-5H2,1-2H3,(H,12,16)(H,13,19)(H,17,18). The minimum atomic E-state index is -1.07. The summed E-state index contributed by atoms with van der Waals surface area (Å²) in [5, 5.41) is 15.9. The number of carbonyl (C=O) groups excluding carboxylic acids is 2. The second-order valence-corrected chi connectivity index (χ2v) is 4.89. The van der Waals surface area contributed by atoms with Gasteiger partial charge < -0.3 is 20.6 Å². The minimum Gasteiger partial charge on any atom is -0.476 e. The van der Waals surface area contributed by atoms with Crippen LogP contribution in [-0.2, 0) is 11.2 Å². The zero-order chi connectivity index (χ0) is 15.1. The summed E-state index contributed by atoms with van der Waals surface area (Å²) in [7, 11) is 3.01. The van der Waals surface area contributed by atoms with Gasteiger partial charge in [0, 0.05) is 32.4 Å². The normalized spacial score (nSPS) is 9.90. The first-order chi connectivity index (χ1) is 9.43. The van der Waals surface area contributed by atoms with Crippen LogP contribution in [-0.4, -0.2) is 60.1 Å². The fourth-order valence-corrected chi connectivity index (χ4v) is 2.07. The second kappa shape index (κ2) is 7.43. The molecule has 0 aliphatic heterocycles. The van der Waals surface area contributed by atoms with Crippen LogP contribution in [0, 0.1) is 0 Å². The van der Waals surface area contributed by atoms with Crippen LogP contribution in [0.3, 0.4) is 0 Å². The van der Waals surface area contributed by atoms with Crippen LogP contribution in [0.25, 0.3) is 0 Å². The first kappa shape index (κ1) is 15.9. The van der Waals surface area contributed by atoms with Crippen LogP contribution in [0.1, 0.15) is 15.5 Å². The number of urea groups is 1. The van der Waals surface area contributed by atoms with Crippen molar-refractivity contribution in [1.82, 2.24) is 20.5 Å². The van der Waals surface area contributed by atoms with E-state index in [0.29, 0.717) is 18.0 Å². The maximum Gasteiger partial charge on any atom is 0.355 e. The summed E-state index contributed by atoms with van der Waals surface area (Å²) in [5.41, 5.74) is 0.00746. The minimum absolute atomic E-state index is 0.00746. The van der Waals surface area contributed by atoms with Crippen LogP contribution in [0.15, 0.2) is 5.38 Å². The molecule has 1 rings (SSSR count). The molecule has 0 aliphatic rings. The van der Waals surface area contributed by atoms with E-state index in [2.05, 4.69) is 15.6 Å². The highest BCUT2D eigenvalue weighted by Gasteiger charge is 2.12. The maximum atomic E-state index is 11.6. The molecule has 0 radical (unpaired) electrons. The number of rotatable bonds is 6. The summed E-state index contributed by atoms with van der Waals surface area (Å²) in [6.45, 7) is 0.298. The van der Waals surface area contributed by atoms with Crippen molar-refractivity contribution in [3.05, 3.63) is 16.1 Å². The van der Waals surface area contributed by atoms with Gasteiger partial charge in [-0.2, -0.15) is 0 Å². The second-order valence-electron chi connectivity index (χ2n) is 3.94. The van der Waals surface area contributed by atoms with E-state index in [9.17, 15) is 14.4 Å². The Kier molecular flexibility index (Phi) is 5.91. The van der Waals surface area contributed by atoms with Crippen molar-refractivity contribution in [2.75, 3.05) is 27.2 Å². The molecular formula is C11H16N4O4S. The molecule has 0 saturated heterocycles. The molecule has 0 unspecified atom stereocenters. The van der Waals surface area contributed by atoms with Crippen molar-refractivity contribution in [3.63, 3.8) is 0 Å². The molecule has 0 bridgehead atoms. The number of carbonyl (C=O) groups is 3. The van der Waals surface area contributed by atoms with E-state index >= 15 is 0 Å². The van der Waals surface area contributed by atoms with Crippen molar-refractivity contribution < 1.29 is 19.5 Å². The van der Waals surface area contributed by atoms with Crippen molar-refractivity contribution >= 4 is 29.2 Å². The highest BCUT2D eigenvalue weighted by Crippen LogP contribution is 2.09. The van der Waals surface area contributed by atoms with E-state index in [1.165, 1.54) is 35.7 Å². The summed E-state index contributed by atoms with van der Waals surface area (Å²) in [5.74, 6) is -1.32. The summed E-state index contributed by atoms with van der Waals surface area (Å²) in [6.07, 6.45) is 0.442. The monoisotopic (exact) mass is 300 g/mol. The molecule has 1 aromatic heterocycles. The third-order valence-corrected chi connectivity index (χ3v) is 3.30. The average molecular weight is 300 g/mol. The number of carboxylic acid groups (broad SMARTS) is 1. The lowest BCUT2D eigenvalue weighted by Crippen LogP contribution is -2.43. The fraction of sp³-hybridized carbons (Fsp3) is 0.455. The Morgan fingerprint density at radius 3 is 2.70 bits per heavy atom. The molecule has 0 atom stereocenters. The molecule has 0 fully saturated rings. The van der Waals surface area contributed by atoms with Gasteiger partial charge in [-0.05, 0) is 0 Å². The van der Waals surface area contributed by atoms with Crippen molar-refractivity contribution in [2.45, 2.75) is 6.42 Å². The van der Waals surface area contributed by atoms with Gasteiger partial charge in [0.1, 0.15) is 6.54 Å². The van der Waals surface area contributed by atoms with Crippen molar-refractivity contribution in [2.24, 2.45) is 0 Å². The molecule has 0 aliphatic carbocycles. The van der Waals surface area contributed by atoms with Gasteiger partial charge in [-0.3, -0.25) is 4.79 Å². The topological polar surface area (TPSA) is 112 Å². The van der Waals surface area contributed by atoms with Crippen LogP contribution < -0.4 is 10.6 Å². The smallest absolute Gasteiger partial charge is 0.355 e. The molecule has 20 heavy (non-hydrogen) atoms. The van der Waals surface area contributed by atoms with Crippen molar-refractivity contribution in [3.8, 4) is 0 Å². The Morgan fingerprint density at radius 1 is 1.45 bits per heavy atom. The predicted octanol–water partition coefficient (Wildman–Crippen LogP) is -0.229. The number of nitrogens with one attached hydrogen (secondary N) is 2. The van der Waals surface area contributed by atoms with E-state index in [-0.39, 0.29) is 24.2 Å². The van der Waals surface area contributed by atoms with Gasteiger partial charge >= 0.3 is 12.0 Å². The number of aromatic nitrogens is 1. The Morgan fingerprint density at radius 2 is 2.15 bits per heavy atom. The van der Waals surface area contributed by atoms with Gasteiger partial charge in [0.25, 0.3) is 0 Å². The van der Waals surface area contributed by atoms with Gasteiger partial charge in [-0.25, -0.2) is 14.6 Å². The molecule has 3 amide bonds. The van der Waals surface area contributed by atoms with Crippen LogP contribution in [0.5, 0.6) is 0 Å². The average Bonchev–Trinajstić information content (AvgIpc) is 2.87. The first-order valence-corrected chi connectivity index (χ1v) is 6.69. The van der Waals surface area contributed by atoms with Crippen molar-refractivity contribution in [1.29, 1.82) is 0 Å². The van der Waals surface area contributed by atoms with E-state index in [1.54, 1.807) is 0 Å². The summed E-state index contributed by atoms with van der Waals surface area (Å²) in [6, 6.07) is -0.372. The molecule has 0 aromatic carbocycles. The lowest BCUT2D eigenvalue weighted by atomic mass is 10.4. The van der Waals surface area contributed by atoms with E-state index in [0.717, 1.165) is 0 Å². The molecule has 3 N–H and O–H groups in total. The highest BCUT2D eigenvalue weighted by molar-refractivity contribution is 7.09. The van der Waals surface area contributed by atoms with Crippen LogP contribution in [0.4, 0.5) is 4.79 Å². The zero-order valence-corrected chi connectivity index (χ0v) is 12.0. The number of hydrogen-bond acceptors (Lipinski definition) is 5. The van der Waals surface area contributed by atoms with Gasteiger partial charge in [0.05, 0.1) is 5.01 Å². The SMILES string of the molecule is CNC(=O)CN(C)C(=O)NCCc1nc(C(=O)O)cs1. The molecule has 1 aromatic rings. The quantitative estimate of drug-likeness (QED) is 0.672. The molecule has 1 heterocycles.